The fraction of sp³-hybridized carbons (Fsp3) is 0.120. The highest BCUT2D eigenvalue weighted by atomic mass is 35.5. The monoisotopic (exact) mass is 457 g/mol. The molecule has 0 atom stereocenters. The summed E-state index contributed by atoms with van der Waals surface area (Å²) in [5, 5.41) is 16.8. The van der Waals surface area contributed by atoms with E-state index in [0.29, 0.717) is 51.6 Å². The highest BCUT2D eigenvalue weighted by Crippen LogP contribution is 2.29. The molecule has 0 radical (unpaired) electrons. The van der Waals surface area contributed by atoms with Crippen LogP contribution in [0.3, 0.4) is 0 Å². The first-order chi connectivity index (χ1) is 16.1. The van der Waals surface area contributed by atoms with Gasteiger partial charge in [-0.05, 0) is 53.6 Å². The number of nitrogens with zero attached hydrogens (tertiary/aromatic N) is 3. The Balaban J connectivity index is 1.67. The van der Waals surface area contributed by atoms with Crippen molar-refractivity contribution >= 4 is 34.1 Å². The van der Waals surface area contributed by atoms with Crippen molar-refractivity contribution in [1.29, 1.82) is 5.26 Å². The lowest BCUT2D eigenvalue weighted by molar-refractivity contribution is 0.0951. The molecule has 0 aliphatic heterocycles. The number of ether oxygens (including phenoxy) is 1. The van der Waals surface area contributed by atoms with Gasteiger partial charge in [-0.25, -0.2) is 0 Å². The van der Waals surface area contributed by atoms with Gasteiger partial charge in [-0.15, -0.1) is 0 Å². The maximum absolute atomic E-state index is 13.1. The zero-order valence-electron chi connectivity index (χ0n) is 17.8. The topological polar surface area (TPSA) is 99.9 Å². The lowest BCUT2D eigenvalue weighted by atomic mass is 10.1. The van der Waals surface area contributed by atoms with Crippen molar-refractivity contribution < 1.29 is 9.53 Å². The number of amides is 1. The lowest BCUT2D eigenvalue weighted by Gasteiger charge is -2.16. The van der Waals surface area contributed by atoms with Crippen LogP contribution in [0.1, 0.15) is 27.0 Å². The van der Waals surface area contributed by atoms with Crippen molar-refractivity contribution in [2.45, 2.75) is 13.1 Å². The normalized spacial score (nSPS) is 10.5. The number of nitrogens with one attached hydrogen (secondary N) is 2. The molecule has 2 heterocycles. The molecule has 2 N–H and O–H groups in total. The molecule has 0 fully saturated rings. The number of pyridine rings is 2. The molecule has 0 saturated heterocycles. The third-order valence-corrected chi connectivity index (χ3v) is 5.42. The number of aromatic nitrogens is 2. The van der Waals surface area contributed by atoms with E-state index in [1.54, 1.807) is 56.0 Å². The second kappa shape index (κ2) is 9.98. The molecular weight excluding hydrogens is 438 g/mol. The molecule has 2 aromatic heterocycles. The van der Waals surface area contributed by atoms with E-state index in [1.165, 1.54) is 0 Å². The minimum absolute atomic E-state index is 0.279. The Bertz CT molecular complexity index is 1350. The number of hydrogen-bond donors (Lipinski definition) is 2. The maximum Gasteiger partial charge on any atom is 0.255 e. The Labute approximate surface area is 196 Å². The van der Waals surface area contributed by atoms with Crippen LogP contribution in [0.25, 0.3) is 10.9 Å². The van der Waals surface area contributed by atoms with Crippen LogP contribution in [0, 0.1) is 11.3 Å². The molecule has 0 aliphatic rings. The fourth-order valence-electron chi connectivity index (χ4n) is 3.41. The largest absolute Gasteiger partial charge is 0.495 e. The number of rotatable bonds is 7. The summed E-state index contributed by atoms with van der Waals surface area (Å²) in [7, 11) is 1.56. The molecule has 164 valence electrons. The van der Waals surface area contributed by atoms with Crippen molar-refractivity contribution in [2.75, 3.05) is 12.4 Å². The summed E-state index contributed by atoms with van der Waals surface area (Å²) < 4.78 is 5.21. The second-order valence-electron chi connectivity index (χ2n) is 7.25. The van der Waals surface area contributed by atoms with Crippen molar-refractivity contribution in [3.63, 3.8) is 0 Å². The number of hydrogen-bond acceptors (Lipinski definition) is 6. The number of anilines is 1. The van der Waals surface area contributed by atoms with Crippen LogP contribution in [0.15, 0.2) is 67.1 Å². The van der Waals surface area contributed by atoms with Crippen LogP contribution in [0.2, 0.25) is 5.02 Å². The standard InChI is InChI=1S/C25H20ClN5O2/c1-33-23-5-3-18(11-21(23)26)14-30-24-19-10-17(12-27)2-4-22(19)29-15-20(24)25(32)31-13-16-6-8-28-9-7-16/h2-11,15H,13-14H2,1H3,(H,29,30)(H,31,32). The Hall–Kier alpha value is -4.15. The SMILES string of the molecule is COc1ccc(CNc2c(C(=O)NCc3ccncc3)cnc3ccc(C#N)cc23)cc1Cl. The van der Waals surface area contributed by atoms with E-state index in [2.05, 4.69) is 26.7 Å². The number of halogens is 1. The summed E-state index contributed by atoms with van der Waals surface area (Å²) in [6, 6.07) is 16.5. The van der Waals surface area contributed by atoms with E-state index < -0.39 is 0 Å². The van der Waals surface area contributed by atoms with Crippen molar-refractivity contribution in [1.82, 2.24) is 15.3 Å². The van der Waals surface area contributed by atoms with Gasteiger partial charge in [-0.2, -0.15) is 5.26 Å². The predicted octanol–water partition coefficient (Wildman–Crippen LogP) is 4.71. The van der Waals surface area contributed by atoms with Crippen LogP contribution >= 0.6 is 11.6 Å². The van der Waals surface area contributed by atoms with Gasteiger partial charge in [0.1, 0.15) is 5.75 Å². The Kier molecular flexibility index (Phi) is 6.67. The molecule has 4 rings (SSSR count). The lowest BCUT2D eigenvalue weighted by Crippen LogP contribution is -2.24. The Morgan fingerprint density at radius 3 is 2.64 bits per heavy atom. The van der Waals surface area contributed by atoms with Gasteiger partial charge in [0, 0.05) is 37.1 Å². The van der Waals surface area contributed by atoms with Crippen molar-refractivity contribution in [3.8, 4) is 11.8 Å². The summed E-state index contributed by atoms with van der Waals surface area (Å²) in [5.74, 6) is 0.309. The van der Waals surface area contributed by atoms with Gasteiger partial charge in [0.2, 0.25) is 0 Å². The fourth-order valence-corrected chi connectivity index (χ4v) is 3.69. The van der Waals surface area contributed by atoms with Gasteiger partial charge < -0.3 is 15.4 Å². The van der Waals surface area contributed by atoms with Crippen LogP contribution in [0.4, 0.5) is 5.69 Å². The van der Waals surface area contributed by atoms with E-state index in [4.69, 9.17) is 16.3 Å². The zero-order valence-corrected chi connectivity index (χ0v) is 18.6. The van der Waals surface area contributed by atoms with Crippen LogP contribution < -0.4 is 15.4 Å². The van der Waals surface area contributed by atoms with E-state index in [-0.39, 0.29) is 5.91 Å². The van der Waals surface area contributed by atoms with E-state index in [9.17, 15) is 10.1 Å². The number of benzene rings is 2. The van der Waals surface area contributed by atoms with Gasteiger partial charge in [-0.3, -0.25) is 14.8 Å². The average Bonchev–Trinajstić information content (AvgIpc) is 2.86. The van der Waals surface area contributed by atoms with Crippen LogP contribution in [-0.2, 0) is 13.1 Å². The predicted molar refractivity (Wildman–Crippen MR) is 127 cm³/mol. The first kappa shape index (κ1) is 22.1. The number of carbonyl (C=O) groups excluding carboxylic acids is 1. The minimum atomic E-state index is -0.279. The molecule has 0 saturated carbocycles. The van der Waals surface area contributed by atoms with Crippen LogP contribution in [0.5, 0.6) is 5.75 Å². The summed E-state index contributed by atoms with van der Waals surface area (Å²) in [6.45, 7) is 0.759. The maximum atomic E-state index is 13.1. The van der Waals surface area contributed by atoms with Gasteiger partial charge in [0.25, 0.3) is 5.91 Å². The zero-order chi connectivity index (χ0) is 23.2. The van der Waals surface area contributed by atoms with Crippen molar-refractivity contribution in [2.24, 2.45) is 0 Å². The van der Waals surface area contributed by atoms with Gasteiger partial charge in [0.05, 0.1) is 40.5 Å². The summed E-state index contributed by atoms with van der Waals surface area (Å²) in [6.07, 6.45) is 4.89. The molecule has 0 bridgehead atoms. The molecule has 0 spiro atoms. The van der Waals surface area contributed by atoms with E-state index >= 15 is 0 Å². The molecule has 0 unspecified atom stereocenters. The molecule has 0 aliphatic carbocycles. The van der Waals surface area contributed by atoms with Gasteiger partial charge in [-0.1, -0.05) is 17.7 Å². The smallest absolute Gasteiger partial charge is 0.255 e. The molecule has 2 aromatic carbocycles. The highest BCUT2D eigenvalue weighted by Gasteiger charge is 2.16. The summed E-state index contributed by atoms with van der Waals surface area (Å²) in [4.78, 5) is 21.5. The Morgan fingerprint density at radius 2 is 1.91 bits per heavy atom. The highest BCUT2D eigenvalue weighted by molar-refractivity contribution is 6.32. The number of nitriles is 1. The van der Waals surface area contributed by atoms with Crippen LogP contribution in [-0.4, -0.2) is 23.0 Å². The number of methoxy groups -OCH3 is 1. The second-order valence-corrected chi connectivity index (χ2v) is 7.66. The van der Waals surface area contributed by atoms with Gasteiger partial charge in [0.15, 0.2) is 0 Å². The molecule has 7 nitrogen and oxygen atoms in total. The van der Waals surface area contributed by atoms with E-state index in [0.717, 1.165) is 11.1 Å². The summed E-state index contributed by atoms with van der Waals surface area (Å²) >= 11 is 6.26. The molecule has 1 amide bonds. The number of carbonyl (C=O) groups is 1. The third kappa shape index (κ3) is 5.03. The average molecular weight is 458 g/mol. The molecule has 33 heavy (non-hydrogen) atoms. The first-order valence-corrected chi connectivity index (χ1v) is 10.5. The molecule has 4 aromatic rings. The first-order valence-electron chi connectivity index (χ1n) is 10.2. The third-order valence-electron chi connectivity index (χ3n) is 5.13. The molecule has 8 heteroatoms. The van der Waals surface area contributed by atoms with E-state index in [1.807, 2.05) is 18.2 Å². The molecular formula is C25H20ClN5O2. The van der Waals surface area contributed by atoms with Crippen molar-refractivity contribution in [3.05, 3.63) is 94.4 Å². The van der Waals surface area contributed by atoms with Gasteiger partial charge >= 0.3 is 0 Å². The minimum Gasteiger partial charge on any atom is -0.495 e. The number of fused-ring (bicyclic) bond motifs is 1. The summed E-state index contributed by atoms with van der Waals surface area (Å²) in [5.41, 5.74) is 3.97. The quantitative estimate of drug-likeness (QED) is 0.417. The Morgan fingerprint density at radius 1 is 1.09 bits per heavy atom.